The molecule has 10 aromatic carbocycles. The van der Waals surface area contributed by atoms with Crippen molar-refractivity contribution in [3.63, 3.8) is 0 Å². The molecule has 72 heavy (non-hydrogen) atoms. The number of benzene rings is 10. The van der Waals surface area contributed by atoms with Gasteiger partial charge in [-0.2, -0.15) is 0 Å². The SMILES string of the molecule is Brc1c2ccccc2c(-c2ccccc2)c2ccccc12.CCOC(=O)c1ccccc1-c1c2ccccc2c(-c2ccccc2)c2ccccc12.CCOC(=O)c1ccccc1B1OC(C)(C)C(C)(C)O1. The first kappa shape index (κ1) is 49.6. The van der Waals surface area contributed by atoms with Crippen molar-refractivity contribution >= 4 is 83.5 Å². The highest BCUT2D eigenvalue weighted by atomic mass is 79.9. The van der Waals surface area contributed by atoms with E-state index in [0.29, 0.717) is 29.8 Å². The van der Waals surface area contributed by atoms with Crippen LogP contribution in [0.5, 0.6) is 0 Å². The van der Waals surface area contributed by atoms with Gasteiger partial charge >= 0.3 is 19.1 Å². The van der Waals surface area contributed by atoms with Crippen molar-refractivity contribution in [3.8, 4) is 33.4 Å². The van der Waals surface area contributed by atoms with Gasteiger partial charge in [0.15, 0.2) is 0 Å². The molecule has 1 aliphatic heterocycles. The fourth-order valence-electron chi connectivity index (χ4n) is 9.48. The number of esters is 2. The monoisotopic (exact) mass is 1010 g/mol. The van der Waals surface area contributed by atoms with Crippen molar-refractivity contribution in [2.24, 2.45) is 0 Å². The molecule has 1 saturated heterocycles. The minimum Gasteiger partial charge on any atom is -0.462 e. The molecule has 0 atom stereocenters. The summed E-state index contributed by atoms with van der Waals surface area (Å²) in [5.74, 6) is -0.642. The summed E-state index contributed by atoms with van der Waals surface area (Å²) in [7, 11) is -0.555. The number of rotatable bonds is 8. The number of hydrogen-bond donors (Lipinski definition) is 0. The van der Waals surface area contributed by atoms with E-state index in [9.17, 15) is 9.59 Å². The van der Waals surface area contributed by atoms with Crippen LogP contribution < -0.4 is 5.46 Å². The van der Waals surface area contributed by atoms with E-state index in [1.54, 1.807) is 19.1 Å². The molecular weight excluding hydrogens is 955 g/mol. The smallest absolute Gasteiger partial charge is 0.462 e. The quantitative estimate of drug-likeness (QED) is 0.0858. The maximum absolute atomic E-state index is 12.8. The Balaban J connectivity index is 0.000000138. The molecule has 11 rings (SSSR count). The lowest BCUT2D eigenvalue weighted by atomic mass is 9.76. The molecule has 1 fully saturated rings. The molecule has 1 heterocycles. The predicted molar refractivity (Wildman–Crippen MR) is 301 cm³/mol. The fourth-order valence-corrected chi connectivity index (χ4v) is 10.2. The minimum absolute atomic E-state index is 0.293. The van der Waals surface area contributed by atoms with Crippen molar-refractivity contribution in [1.29, 1.82) is 0 Å². The van der Waals surface area contributed by atoms with Gasteiger partial charge in [0.05, 0.1) is 35.5 Å². The van der Waals surface area contributed by atoms with Crippen LogP contribution in [0, 0.1) is 0 Å². The first-order valence-electron chi connectivity index (χ1n) is 24.5. The van der Waals surface area contributed by atoms with Crippen molar-refractivity contribution in [2.75, 3.05) is 13.2 Å². The topological polar surface area (TPSA) is 71.1 Å². The van der Waals surface area contributed by atoms with Gasteiger partial charge in [-0.3, -0.25) is 0 Å². The van der Waals surface area contributed by atoms with Crippen molar-refractivity contribution in [3.05, 3.63) is 222 Å². The highest BCUT2D eigenvalue weighted by Crippen LogP contribution is 2.45. The predicted octanol–water partition coefficient (Wildman–Crippen LogP) is 16.1. The lowest BCUT2D eigenvalue weighted by Gasteiger charge is -2.32. The molecular formula is C64H56BBrO6. The molecule has 0 unspecified atom stereocenters. The Hall–Kier alpha value is -7.36. The van der Waals surface area contributed by atoms with Crippen LogP contribution in [0.15, 0.2) is 211 Å². The van der Waals surface area contributed by atoms with Crippen molar-refractivity contribution < 1.29 is 28.4 Å². The van der Waals surface area contributed by atoms with Gasteiger partial charge in [0.25, 0.3) is 0 Å². The molecule has 358 valence electrons. The van der Waals surface area contributed by atoms with Gasteiger partial charge in [0.2, 0.25) is 0 Å². The summed E-state index contributed by atoms with van der Waals surface area (Å²) in [6.07, 6.45) is 0. The Morgan fingerprint density at radius 2 is 0.736 bits per heavy atom. The molecule has 0 aliphatic carbocycles. The Morgan fingerprint density at radius 3 is 1.17 bits per heavy atom. The molecule has 0 aromatic heterocycles. The fraction of sp³-hybridized carbons (Fsp3) is 0.156. The molecule has 0 saturated carbocycles. The number of carbonyl (C=O) groups is 2. The summed E-state index contributed by atoms with van der Waals surface area (Å²) >= 11 is 3.79. The normalized spacial score (nSPS) is 13.5. The summed E-state index contributed by atoms with van der Waals surface area (Å²) in [5.41, 5.74) is 7.86. The Bertz CT molecular complexity index is 3440. The first-order chi connectivity index (χ1) is 34.9. The molecule has 0 bridgehead atoms. The van der Waals surface area contributed by atoms with Crippen molar-refractivity contribution in [2.45, 2.75) is 52.7 Å². The van der Waals surface area contributed by atoms with E-state index < -0.39 is 18.3 Å². The zero-order chi connectivity index (χ0) is 50.4. The van der Waals surface area contributed by atoms with Gasteiger partial charge in [-0.15, -0.1) is 0 Å². The van der Waals surface area contributed by atoms with E-state index in [0.717, 1.165) is 21.9 Å². The number of ether oxygens (including phenoxy) is 2. The highest BCUT2D eigenvalue weighted by Gasteiger charge is 2.52. The summed E-state index contributed by atoms with van der Waals surface area (Å²) in [6.45, 7) is 12.3. The molecule has 0 N–H and O–H groups in total. The highest BCUT2D eigenvalue weighted by molar-refractivity contribution is 9.10. The third-order valence-corrected chi connectivity index (χ3v) is 14.4. The number of halogens is 1. The van der Waals surface area contributed by atoms with Crippen LogP contribution in [0.25, 0.3) is 76.5 Å². The third-order valence-electron chi connectivity index (χ3n) is 13.6. The molecule has 0 radical (unpaired) electrons. The van der Waals surface area contributed by atoms with Gasteiger partial charge in [0, 0.05) is 4.47 Å². The van der Waals surface area contributed by atoms with Crippen LogP contribution in [-0.2, 0) is 18.8 Å². The Labute approximate surface area is 430 Å². The van der Waals surface area contributed by atoms with Crippen LogP contribution >= 0.6 is 15.9 Å². The minimum atomic E-state index is -0.555. The van der Waals surface area contributed by atoms with E-state index in [1.165, 1.54) is 59.0 Å². The van der Waals surface area contributed by atoms with E-state index in [-0.39, 0.29) is 11.9 Å². The summed E-state index contributed by atoms with van der Waals surface area (Å²) in [6, 6.07) is 70.1. The van der Waals surface area contributed by atoms with E-state index >= 15 is 0 Å². The largest absolute Gasteiger partial charge is 0.495 e. The van der Waals surface area contributed by atoms with Crippen LogP contribution in [0.1, 0.15) is 62.3 Å². The maximum atomic E-state index is 12.8. The van der Waals surface area contributed by atoms with Gasteiger partial charge in [0.1, 0.15) is 0 Å². The van der Waals surface area contributed by atoms with E-state index in [1.807, 2.05) is 77.1 Å². The average Bonchev–Trinajstić information content (AvgIpc) is 3.64. The summed E-state index contributed by atoms with van der Waals surface area (Å²) < 4.78 is 23.6. The standard InChI is InChI=1S/C29H22O2.C20H13Br.C15H21BO4/c1-2-31-29(30)26-19-11-10-18-25(26)28-23-16-8-6-14-21(23)27(20-12-4-3-5-13-20)22-15-7-9-17-24(22)28;21-20-17-12-6-4-10-15(17)19(14-8-2-1-3-9-14)16-11-5-7-13-18(16)20;1-6-18-13(17)11-9-7-8-10-12(11)16-19-14(2,3)15(4,5)20-16/h3-19H,2H2,1H3;1-13H;7-10H,6H2,1-5H3. The molecule has 10 aromatic rings. The zero-order valence-electron chi connectivity index (χ0n) is 41.4. The Morgan fingerprint density at radius 1 is 0.417 bits per heavy atom. The van der Waals surface area contributed by atoms with Gasteiger partial charge in [-0.1, -0.05) is 194 Å². The second-order valence-electron chi connectivity index (χ2n) is 18.5. The second kappa shape index (κ2) is 21.6. The number of fused-ring (bicyclic) bond motifs is 4. The van der Waals surface area contributed by atoms with Crippen molar-refractivity contribution in [1.82, 2.24) is 0 Å². The van der Waals surface area contributed by atoms with Crippen LogP contribution in [0.3, 0.4) is 0 Å². The van der Waals surface area contributed by atoms with E-state index in [2.05, 4.69) is 168 Å². The van der Waals surface area contributed by atoms with E-state index in [4.69, 9.17) is 18.8 Å². The van der Waals surface area contributed by atoms with Crippen LogP contribution in [-0.4, -0.2) is 43.5 Å². The lowest BCUT2D eigenvalue weighted by molar-refractivity contribution is 0.00578. The first-order valence-corrected chi connectivity index (χ1v) is 25.2. The van der Waals surface area contributed by atoms with Gasteiger partial charge in [-0.25, -0.2) is 9.59 Å². The average molecular weight is 1010 g/mol. The molecule has 6 nitrogen and oxygen atoms in total. The third kappa shape index (κ3) is 9.83. The molecule has 0 amide bonds. The molecule has 0 spiro atoms. The number of hydrogen-bond acceptors (Lipinski definition) is 6. The van der Waals surface area contributed by atoms with Crippen LogP contribution in [0.2, 0.25) is 0 Å². The maximum Gasteiger partial charge on any atom is 0.495 e. The molecule has 8 heteroatoms. The summed E-state index contributed by atoms with van der Waals surface area (Å²) in [4.78, 5) is 24.8. The van der Waals surface area contributed by atoms with Crippen LogP contribution in [0.4, 0.5) is 0 Å². The zero-order valence-corrected chi connectivity index (χ0v) is 43.0. The number of carbonyl (C=O) groups excluding carboxylic acids is 2. The lowest BCUT2D eigenvalue weighted by Crippen LogP contribution is -2.41. The van der Waals surface area contributed by atoms with Gasteiger partial charge < -0.3 is 18.8 Å². The molecule has 1 aliphatic rings. The van der Waals surface area contributed by atoms with Gasteiger partial charge in [-0.05, 0) is 152 Å². The summed E-state index contributed by atoms with van der Waals surface area (Å²) in [5, 5.41) is 9.67. The Kier molecular flexibility index (Phi) is 14.9. The second-order valence-corrected chi connectivity index (χ2v) is 19.3.